The van der Waals surface area contributed by atoms with E-state index in [-0.39, 0.29) is 24.8 Å². The molecule has 1 aliphatic rings. The fourth-order valence-corrected chi connectivity index (χ4v) is 5.83. The zero-order chi connectivity index (χ0) is 50.4. The van der Waals surface area contributed by atoms with Gasteiger partial charge < -0.3 is 33.2 Å². The molecule has 1 aliphatic heterocycles. The normalized spacial score (nSPS) is 20.8. The van der Waals surface area contributed by atoms with Crippen molar-refractivity contribution in [1.29, 1.82) is 0 Å². The van der Waals surface area contributed by atoms with Gasteiger partial charge in [0.15, 0.2) is 17.9 Å². The first kappa shape index (κ1) is 44.6. The lowest BCUT2D eigenvalue weighted by Gasteiger charge is -2.45. The van der Waals surface area contributed by atoms with Crippen LogP contribution in [0.25, 0.3) is 11.0 Å². The summed E-state index contributed by atoms with van der Waals surface area (Å²) in [7, 11) is 0. The van der Waals surface area contributed by atoms with Crippen LogP contribution in [-0.2, 0) is 60.5 Å². The van der Waals surface area contributed by atoms with Crippen LogP contribution >= 0.6 is 0 Å². The van der Waals surface area contributed by atoms with Crippen LogP contribution in [0, 0.1) is 27.1 Å². The van der Waals surface area contributed by atoms with Crippen molar-refractivity contribution >= 4 is 40.9 Å². The summed E-state index contributed by atoms with van der Waals surface area (Å²) in [6, 6.07) is 8.74. The Morgan fingerprint density at radius 3 is 1.73 bits per heavy atom. The monoisotopic (exact) mass is 884 g/mol. The largest absolute Gasteiger partial charge is 0.462 e. The number of carbonyl (C=O) groups excluding carboxylic acids is 5. The van der Waals surface area contributed by atoms with E-state index >= 15 is 0 Å². The molecular formula is C48H69N3O12. The lowest BCUT2D eigenvalue weighted by atomic mass is 9.93. The number of fused-ring (bicyclic) bond motifs is 1. The summed E-state index contributed by atoms with van der Waals surface area (Å²) in [5.74, 6) is -3.50. The third-order valence-corrected chi connectivity index (χ3v) is 9.70. The van der Waals surface area contributed by atoms with E-state index in [9.17, 15) is 24.0 Å². The molecule has 0 spiro atoms. The minimum Gasteiger partial charge on any atom is -0.462 e. The van der Waals surface area contributed by atoms with Crippen molar-refractivity contribution in [2.24, 2.45) is 27.1 Å². The van der Waals surface area contributed by atoms with Gasteiger partial charge in [-0.25, -0.2) is 9.67 Å². The molecule has 1 fully saturated rings. The number of aryl methyl sites for hydroxylation is 2. The van der Waals surface area contributed by atoms with E-state index < -0.39 is 109 Å². The smallest absolute Gasteiger partial charge is 0.316 e. The Bertz CT molecular complexity index is 2240. The molecular weight excluding hydrogens is 811 g/mol. The van der Waals surface area contributed by atoms with Crippen LogP contribution in [0.3, 0.4) is 0 Å². The van der Waals surface area contributed by atoms with Gasteiger partial charge in [-0.05, 0) is 160 Å². The number of esters is 5. The Morgan fingerprint density at radius 1 is 0.683 bits per heavy atom. The number of rotatable bonds is 12. The Labute approximate surface area is 377 Å². The van der Waals surface area contributed by atoms with Gasteiger partial charge in [0.05, 0.1) is 32.5 Å². The van der Waals surface area contributed by atoms with Gasteiger partial charge in [0.1, 0.15) is 18.5 Å². The molecule has 3 aromatic rings. The second kappa shape index (κ2) is 19.0. The molecule has 0 aliphatic carbocycles. The molecule has 348 valence electrons. The topological polar surface area (TPSA) is 181 Å². The van der Waals surface area contributed by atoms with Gasteiger partial charge in [-0.15, -0.1) is 5.10 Å². The highest BCUT2D eigenvalue weighted by Gasteiger charge is 2.56. The van der Waals surface area contributed by atoms with Crippen LogP contribution < -0.4 is 9.47 Å². The third kappa shape index (κ3) is 13.0. The van der Waals surface area contributed by atoms with E-state index in [2.05, 4.69) is 4.98 Å². The maximum atomic E-state index is 14.0. The summed E-state index contributed by atoms with van der Waals surface area (Å²) in [5, 5.41) is 5.29. The number of pyridine rings is 1. The van der Waals surface area contributed by atoms with E-state index in [0.29, 0.717) is 29.6 Å². The van der Waals surface area contributed by atoms with Crippen molar-refractivity contribution in [3.8, 4) is 11.6 Å². The van der Waals surface area contributed by atoms with E-state index in [1.54, 1.807) is 43.8 Å². The molecule has 1 aromatic carbocycles. The van der Waals surface area contributed by atoms with Crippen LogP contribution in [0.2, 0.25) is 0 Å². The highest BCUT2D eigenvalue weighted by molar-refractivity contribution is 5.85. The van der Waals surface area contributed by atoms with Crippen molar-refractivity contribution in [1.82, 2.24) is 14.8 Å². The Hall–Kier alpha value is -5.05. The van der Waals surface area contributed by atoms with Gasteiger partial charge in [-0.2, -0.15) is 0 Å². The summed E-state index contributed by atoms with van der Waals surface area (Å²) in [6.45, 7) is 18.8. The quantitative estimate of drug-likeness (QED) is 0.0962. The zero-order valence-electron chi connectivity index (χ0n) is 43.1. The van der Waals surface area contributed by atoms with E-state index in [4.69, 9.17) is 43.7 Å². The molecule has 1 saturated heterocycles. The van der Waals surface area contributed by atoms with Crippen LogP contribution in [-0.4, -0.2) is 81.9 Å². The fourth-order valence-electron chi connectivity index (χ4n) is 5.83. The van der Waals surface area contributed by atoms with Gasteiger partial charge in [-0.3, -0.25) is 24.0 Å². The zero-order valence-corrected chi connectivity index (χ0v) is 39.1. The predicted molar refractivity (Wildman–Crippen MR) is 235 cm³/mol. The maximum Gasteiger partial charge on any atom is 0.316 e. The molecule has 0 N–H and O–H groups in total. The highest BCUT2D eigenvalue weighted by atomic mass is 16.7. The lowest BCUT2D eigenvalue weighted by Crippen LogP contribution is -2.65. The fraction of sp³-hybridized carbons (Fsp3) is 0.646. The average Bonchev–Trinajstić information content (AvgIpc) is 3.65. The molecule has 0 radical (unpaired) electrons. The summed E-state index contributed by atoms with van der Waals surface area (Å²) in [5.41, 5.74) is -4.06. The standard InChI is InChI=1S/C48H69N3O12/c1-27(2)51-36-32(29(24-25-49-36)21-18-28-19-22-30(23-20-28)58-40(53)45(6,7)8)37(50-51)63-38-35(62-43(56)48(15,16)17)34(61-42(55)47(12,13)14)33(60-41(54)46(9,10)11)31(59-38)26-57-39(52)44(3,4)5/h19-20,22-25,27,31,33-35,38H,18,21,26H2,1-17H3/t31-,33-,34+,35-,38?/m1/s1/i3D,9D,12D,15D. The number of hydrogen-bond acceptors (Lipinski definition) is 14. The maximum absolute atomic E-state index is 14.0. The van der Waals surface area contributed by atoms with Crippen molar-refractivity contribution in [2.45, 2.75) is 167 Å². The summed E-state index contributed by atoms with van der Waals surface area (Å²) < 4.78 is 76.7. The molecule has 0 saturated carbocycles. The minimum absolute atomic E-state index is 0.0181. The van der Waals surface area contributed by atoms with Crippen LogP contribution in [0.1, 0.15) is 140 Å². The van der Waals surface area contributed by atoms with E-state index in [1.807, 2.05) is 32.0 Å². The number of ether oxygens (including phenoxy) is 7. The van der Waals surface area contributed by atoms with Crippen LogP contribution in [0.5, 0.6) is 11.6 Å². The molecule has 15 nitrogen and oxygen atoms in total. The Balaban J connectivity index is 1.91. The Morgan fingerprint density at radius 2 is 1.21 bits per heavy atom. The lowest BCUT2D eigenvalue weighted by molar-refractivity contribution is -0.294. The van der Waals surface area contributed by atoms with Crippen molar-refractivity contribution in [2.75, 3.05) is 6.61 Å². The molecule has 15 heteroatoms. The van der Waals surface area contributed by atoms with E-state index in [1.165, 1.54) is 55.4 Å². The van der Waals surface area contributed by atoms with Crippen molar-refractivity contribution in [3.05, 3.63) is 47.7 Å². The predicted octanol–water partition coefficient (Wildman–Crippen LogP) is 8.32. The van der Waals surface area contributed by atoms with Crippen molar-refractivity contribution in [3.63, 3.8) is 0 Å². The summed E-state index contributed by atoms with van der Waals surface area (Å²) in [4.78, 5) is 72.4. The first-order chi connectivity index (χ1) is 31.0. The number of carbonyl (C=O) groups is 5. The van der Waals surface area contributed by atoms with Gasteiger partial charge in [-0.1, -0.05) is 12.1 Å². The number of nitrogens with zero attached hydrogens (tertiary/aromatic N) is 3. The molecule has 5 atom stereocenters. The van der Waals surface area contributed by atoms with Gasteiger partial charge in [0, 0.05) is 17.7 Å². The van der Waals surface area contributed by atoms with Gasteiger partial charge in [0.25, 0.3) is 0 Å². The van der Waals surface area contributed by atoms with Gasteiger partial charge >= 0.3 is 29.8 Å². The summed E-state index contributed by atoms with van der Waals surface area (Å²) in [6.07, 6.45) is -5.77. The second-order valence-electron chi connectivity index (χ2n) is 20.2. The second-order valence-corrected chi connectivity index (χ2v) is 20.2. The van der Waals surface area contributed by atoms with Crippen LogP contribution in [0.15, 0.2) is 36.5 Å². The van der Waals surface area contributed by atoms with Crippen LogP contribution in [0.4, 0.5) is 0 Å². The number of aromatic nitrogens is 3. The first-order valence-electron chi connectivity index (χ1n) is 23.8. The first-order valence-corrected chi connectivity index (χ1v) is 21.0. The molecule has 3 heterocycles. The average molecular weight is 884 g/mol. The third-order valence-electron chi connectivity index (χ3n) is 9.70. The highest BCUT2D eigenvalue weighted by Crippen LogP contribution is 2.38. The van der Waals surface area contributed by atoms with Crippen molar-refractivity contribution < 1.29 is 62.6 Å². The molecule has 0 bridgehead atoms. The number of hydrogen-bond donors (Lipinski definition) is 0. The SMILES string of the molecule is [2H]CC(C)(C)C(=O)OC[C@H]1OC(Oc2nn(C(C)C)c3nccc(CCc4ccc(OC(=O)C(C)(C)C)cc4)c23)[C@H](OC(=O)C(C)(C)C[2H])[C@@H](OC(=O)C(C)(C)C[2H])[C@@H]1OC(=O)C(C)(C)C[2H]. The number of benzene rings is 1. The molecule has 63 heavy (non-hydrogen) atoms. The molecule has 0 amide bonds. The molecule has 1 unspecified atom stereocenters. The van der Waals surface area contributed by atoms with Gasteiger partial charge in [0.2, 0.25) is 18.3 Å². The minimum atomic E-state index is -1.75. The van der Waals surface area contributed by atoms with E-state index in [0.717, 1.165) is 11.1 Å². The molecule has 4 rings (SSSR count). The molecule has 2 aromatic heterocycles. The Kier molecular flexibility index (Phi) is 13.4. The summed E-state index contributed by atoms with van der Waals surface area (Å²) >= 11 is 0.